The molecule has 2 heterocycles. The minimum absolute atomic E-state index is 0.0178. The predicted molar refractivity (Wildman–Crippen MR) is 140 cm³/mol. The second-order valence-corrected chi connectivity index (χ2v) is 11.5. The van der Waals surface area contributed by atoms with Crippen LogP contribution in [0.4, 0.5) is 0 Å². The van der Waals surface area contributed by atoms with E-state index in [4.69, 9.17) is 23.7 Å². The minimum Gasteiger partial charge on any atom is -0.461 e. The molecule has 2 aliphatic heterocycles. The van der Waals surface area contributed by atoms with Gasteiger partial charge in [-0.15, -0.1) is 0 Å². The van der Waals surface area contributed by atoms with Crippen LogP contribution in [0.3, 0.4) is 0 Å². The fourth-order valence-electron chi connectivity index (χ4n) is 6.99. The Morgan fingerprint density at radius 3 is 2.07 bits per heavy atom. The van der Waals surface area contributed by atoms with Gasteiger partial charge in [0.25, 0.3) is 0 Å². The van der Waals surface area contributed by atoms with E-state index in [0.717, 1.165) is 0 Å². The number of aliphatic hydroxyl groups is 4. The van der Waals surface area contributed by atoms with Gasteiger partial charge in [-0.25, -0.2) is 9.59 Å². The molecule has 2 aromatic carbocycles. The Hall–Kier alpha value is -3.39. The second-order valence-electron chi connectivity index (χ2n) is 11.5. The van der Waals surface area contributed by atoms with Crippen LogP contribution >= 0.6 is 0 Å². The smallest absolute Gasteiger partial charge is 0.338 e. The normalized spacial score (nSPS) is 40.0. The second kappa shape index (κ2) is 10.4. The molecule has 224 valence electrons. The van der Waals surface area contributed by atoms with E-state index in [1.54, 1.807) is 67.6 Å². The monoisotopic (exact) mass is 584 g/mol. The van der Waals surface area contributed by atoms with Crippen molar-refractivity contribution in [1.82, 2.24) is 0 Å². The molecule has 5 fully saturated rings. The van der Waals surface area contributed by atoms with Gasteiger partial charge in [0, 0.05) is 12.3 Å². The van der Waals surface area contributed by atoms with Gasteiger partial charge in [-0.05, 0) is 37.6 Å². The summed E-state index contributed by atoms with van der Waals surface area (Å²) in [4.78, 5) is 38.7. The summed E-state index contributed by atoms with van der Waals surface area (Å²) in [6, 6.07) is 16.3. The molecule has 10 atom stereocenters. The maximum absolute atomic E-state index is 13.5. The number of ether oxygens (including phenoxy) is 5. The van der Waals surface area contributed by atoms with Gasteiger partial charge in [-0.2, -0.15) is 0 Å². The standard InChI is InChI=1S/C30H32O12/c1-28-13-19(31)18-12-30(28,29(18,27(37)42-28)15-39-25(36)17-10-6-3-7-11-17)41-26-23(34)22(33)21(32)20(40-26)14-38-24(35)16-8-4-2-5-9-16/h2-11,18-23,26,31-34H,12-15H2,1H3/t18?,19-,20-,21-,22+,23-,26+,28+,29?,30?/m0/s1. The quantitative estimate of drug-likeness (QED) is 0.248. The summed E-state index contributed by atoms with van der Waals surface area (Å²) in [7, 11) is 0. The van der Waals surface area contributed by atoms with Gasteiger partial charge in [-0.3, -0.25) is 4.79 Å². The van der Waals surface area contributed by atoms with E-state index in [0.29, 0.717) is 0 Å². The summed E-state index contributed by atoms with van der Waals surface area (Å²) in [6.45, 7) is 0.645. The number of rotatable bonds is 8. The molecular formula is C30H32O12. The molecule has 0 amide bonds. The first-order valence-corrected chi connectivity index (χ1v) is 13.8. The summed E-state index contributed by atoms with van der Waals surface area (Å²) in [5, 5.41) is 43.0. The number of carbonyl (C=O) groups excluding carboxylic acids is 3. The van der Waals surface area contributed by atoms with Crippen LogP contribution in [0.15, 0.2) is 60.7 Å². The molecule has 0 aromatic heterocycles. The van der Waals surface area contributed by atoms with Crippen molar-refractivity contribution in [3.05, 3.63) is 71.8 Å². The molecule has 42 heavy (non-hydrogen) atoms. The average molecular weight is 585 g/mol. The van der Waals surface area contributed by atoms with E-state index in [9.17, 15) is 34.8 Å². The highest BCUT2D eigenvalue weighted by molar-refractivity contribution is 5.91. The van der Waals surface area contributed by atoms with Crippen molar-refractivity contribution in [3.63, 3.8) is 0 Å². The van der Waals surface area contributed by atoms with Crippen molar-refractivity contribution in [2.45, 2.75) is 67.8 Å². The largest absolute Gasteiger partial charge is 0.461 e. The van der Waals surface area contributed by atoms with E-state index >= 15 is 0 Å². The van der Waals surface area contributed by atoms with E-state index in [-0.39, 0.29) is 24.0 Å². The lowest BCUT2D eigenvalue weighted by Gasteiger charge is -2.66. The first kappa shape index (κ1) is 28.7. The minimum atomic E-state index is -1.76. The lowest BCUT2D eigenvalue weighted by Crippen LogP contribution is -2.80. The number of hydrogen-bond donors (Lipinski definition) is 4. The number of hydrogen-bond acceptors (Lipinski definition) is 12. The Bertz CT molecular complexity index is 1350. The average Bonchev–Trinajstić information content (AvgIpc) is 3.05. The number of aliphatic hydroxyl groups excluding tert-OH is 4. The lowest BCUT2D eigenvalue weighted by atomic mass is 9.40. The third kappa shape index (κ3) is 4.16. The van der Waals surface area contributed by atoms with Gasteiger partial charge in [-0.1, -0.05) is 36.4 Å². The molecular weight excluding hydrogens is 552 g/mol. The molecule has 12 heteroatoms. The maximum Gasteiger partial charge on any atom is 0.338 e. The topological polar surface area (TPSA) is 178 Å². The van der Waals surface area contributed by atoms with Gasteiger partial charge in [0.05, 0.1) is 17.2 Å². The molecule has 3 unspecified atom stereocenters. The van der Waals surface area contributed by atoms with Crippen molar-refractivity contribution in [1.29, 1.82) is 0 Å². The number of fused-ring (bicyclic) bond motifs is 1. The van der Waals surface area contributed by atoms with Crippen LogP contribution in [-0.4, -0.2) is 99.6 Å². The van der Waals surface area contributed by atoms with E-state index < -0.39 is 90.5 Å². The van der Waals surface area contributed by atoms with Crippen molar-refractivity contribution < 1.29 is 58.5 Å². The lowest BCUT2D eigenvalue weighted by molar-refractivity contribution is -0.394. The van der Waals surface area contributed by atoms with Gasteiger partial charge >= 0.3 is 17.9 Å². The van der Waals surface area contributed by atoms with Gasteiger partial charge in [0.1, 0.15) is 54.2 Å². The van der Waals surface area contributed by atoms with E-state index in [1.807, 2.05) is 0 Å². The highest BCUT2D eigenvalue weighted by Crippen LogP contribution is 2.73. The molecule has 2 saturated heterocycles. The Kier molecular flexibility index (Phi) is 7.11. The summed E-state index contributed by atoms with van der Waals surface area (Å²) in [6.07, 6.45) is -8.87. The van der Waals surface area contributed by atoms with Crippen LogP contribution in [-0.2, 0) is 28.5 Å². The zero-order valence-corrected chi connectivity index (χ0v) is 22.7. The van der Waals surface area contributed by atoms with Crippen LogP contribution in [0.1, 0.15) is 40.5 Å². The fraction of sp³-hybridized carbons (Fsp3) is 0.500. The third-order valence-corrected chi connectivity index (χ3v) is 9.28. The zero-order valence-electron chi connectivity index (χ0n) is 22.7. The zero-order chi connectivity index (χ0) is 29.9. The Morgan fingerprint density at radius 1 is 0.857 bits per heavy atom. The van der Waals surface area contributed by atoms with Crippen LogP contribution in [0.5, 0.6) is 0 Å². The first-order valence-electron chi connectivity index (χ1n) is 13.8. The number of benzene rings is 2. The predicted octanol–water partition coefficient (Wildman–Crippen LogP) is 0.350. The summed E-state index contributed by atoms with van der Waals surface area (Å²) < 4.78 is 28.8. The van der Waals surface area contributed by atoms with Crippen LogP contribution < -0.4 is 0 Å². The van der Waals surface area contributed by atoms with E-state index in [1.165, 1.54) is 0 Å². The molecule has 3 saturated carbocycles. The van der Waals surface area contributed by atoms with Crippen molar-refractivity contribution in [2.24, 2.45) is 11.3 Å². The molecule has 3 aliphatic carbocycles. The summed E-state index contributed by atoms with van der Waals surface area (Å²) in [5.74, 6) is -2.77. The first-order chi connectivity index (χ1) is 20.0. The molecule has 4 bridgehead atoms. The third-order valence-electron chi connectivity index (χ3n) is 9.28. The highest BCUT2D eigenvalue weighted by Gasteiger charge is 2.88. The van der Waals surface area contributed by atoms with Crippen molar-refractivity contribution >= 4 is 17.9 Å². The van der Waals surface area contributed by atoms with Crippen LogP contribution in [0.25, 0.3) is 0 Å². The number of esters is 3. The Morgan fingerprint density at radius 2 is 1.45 bits per heavy atom. The van der Waals surface area contributed by atoms with Crippen molar-refractivity contribution in [2.75, 3.05) is 13.2 Å². The van der Waals surface area contributed by atoms with Crippen LogP contribution in [0, 0.1) is 11.3 Å². The molecule has 0 spiro atoms. The van der Waals surface area contributed by atoms with Gasteiger partial charge in [0.15, 0.2) is 6.29 Å². The fourth-order valence-corrected chi connectivity index (χ4v) is 6.99. The molecule has 7 rings (SSSR count). The highest BCUT2D eigenvalue weighted by atomic mass is 16.7. The molecule has 5 aliphatic rings. The Labute approximate surface area is 240 Å². The molecule has 0 radical (unpaired) electrons. The van der Waals surface area contributed by atoms with Crippen LogP contribution in [0.2, 0.25) is 0 Å². The Balaban J connectivity index is 1.24. The van der Waals surface area contributed by atoms with Crippen molar-refractivity contribution in [3.8, 4) is 0 Å². The van der Waals surface area contributed by atoms with Gasteiger partial charge in [0.2, 0.25) is 0 Å². The SMILES string of the molecule is C[C@@]12C[C@H](O)C3CC1(O[C@H]1O[C@@H](COC(=O)c4ccccc4)[C@H](O)[C@@H](O)[C@@H]1O)C3(COC(=O)c1ccccc1)C(=O)O2. The van der Waals surface area contributed by atoms with E-state index in [2.05, 4.69) is 0 Å². The summed E-state index contributed by atoms with van der Waals surface area (Å²) >= 11 is 0. The maximum atomic E-state index is 13.5. The summed E-state index contributed by atoms with van der Waals surface area (Å²) in [5.41, 5.74) is -4.00. The number of carbonyl (C=O) groups is 3. The van der Waals surface area contributed by atoms with Gasteiger partial charge < -0.3 is 44.1 Å². The molecule has 12 nitrogen and oxygen atoms in total. The molecule has 4 N–H and O–H groups in total. The molecule has 2 aromatic rings.